The van der Waals surface area contributed by atoms with E-state index in [-0.39, 0.29) is 5.69 Å². The molecule has 0 unspecified atom stereocenters. The van der Waals surface area contributed by atoms with Crippen molar-refractivity contribution in [2.75, 3.05) is 5.32 Å². The molecular weight excluding hydrogens is 240 g/mol. The van der Waals surface area contributed by atoms with E-state index in [1.807, 2.05) is 5.38 Å². The van der Waals surface area contributed by atoms with Gasteiger partial charge in [-0.1, -0.05) is 0 Å². The van der Waals surface area contributed by atoms with E-state index in [2.05, 4.69) is 30.2 Å². The molecule has 0 saturated heterocycles. The summed E-state index contributed by atoms with van der Waals surface area (Å²) in [7, 11) is 0. The molecular formula is C9H8N6OS. The number of hydrogen-bond donors (Lipinski definition) is 3. The first kappa shape index (κ1) is 9.97. The fourth-order valence-electron chi connectivity index (χ4n) is 1.48. The maximum atomic E-state index is 11.2. The van der Waals surface area contributed by atoms with E-state index in [0.29, 0.717) is 23.5 Å². The van der Waals surface area contributed by atoms with Crippen LogP contribution < -0.4 is 11.0 Å². The zero-order valence-corrected chi connectivity index (χ0v) is 9.41. The van der Waals surface area contributed by atoms with Gasteiger partial charge in [-0.3, -0.25) is 4.98 Å². The van der Waals surface area contributed by atoms with Crippen LogP contribution in [0.3, 0.4) is 0 Å². The third-order valence-electron chi connectivity index (χ3n) is 2.21. The molecule has 3 aromatic heterocycles. The minimum atomic E-state index is -0.294. The van der Waals surface area contributed by atoms with Crippen molar-refractivity contribution < 1.29 is 0 Å². The molecule has 3 rings (SSSR count). The summed E-state index contributed by atoms with van der Waals surface area (Å²) in [5, 5.41) is 5.97. The minimum Gasteiger partial charge on any atom is -0.362 e. The second-order valence-electron chi connectivity index (χ2n) is 3.30. The first-order valence-electron chi connectivity index (χ1n) is 4.88. The Labute approximate surface area is 99.0 Å². The van der Waals surface area contributed by atoms with Crippen LogP contribution in [0, 0.1) is 0 Å². The van der Waals surface area contributed by atoms with E-state index in [1.54, 1.807) is 17.5 Å². The molecule has 0 radical (unpaired) electrons. The molecule has 0 spiro atoms. The second kappa shape index (κ2) is 3.98. The van der Waals surface area contributed by atoms with Gasteiger partial charge in [-0.25, -0.2) is 19.7 Å². The summed E-state index contributed by atoms with van der Waals surface area (Å²) in [4.78, 5) is 28.6. The molecule has 3 N–H and O–H groups in total. The molecule has 0 aliphatic rings. The zero-order valence-electron chi connectivity index (χ0n) is 8.60. The third-order valence-corrected chi connectivity index (χ3v) is 2.99. The van der Waals surface area contributed by atoms with E-state index in [4.69, 9.17) is 0 Å². The highest BCUT2D eigenvalue weighted by atomic mass is 32.1. The second-order valence-corrected chi connectivity index (χ2v) is 4.28. The summed E-state index contributed by atoms with van der Waals surface area (Å²) >= 11 is 1.56. The molecule has 3 heterocycles. The average molecular weight is 248 g/mol. The lowest BCUT2D eigenvalue weighted by molar-refractivity contribution is 1.07. The van der Waals surface area contributed by atoms with Gasteiger partial charge in [0.15, 0.2) is 11.5 Å². The van der Waals surface area contributed by atoms with Crippen LogP contribution in [0.15, 0.2) is 22.7 Å². The van der Waals surface area contributed by atoms with Gasteiger partial charge in [0.05, 0.1) is 6.54 Å². The Hall–Kier alpha value is -2.22. The lowest BCUT2D eigenvalue weighted by atomic mass is 10.5. The van der Waals surface area contributed by atoms with Gasteiger partial charge in [0.2, 0.25) is 0 Å². The molecule has 7 nitrogen and oxygen atoms in total. The fourth-order valence-corrected chi connectivity index (χ4v) is 2.04. The quantitative estimate of drug-likeness (QED) is 0.634. The lowest BCUT2D eigenvalue weighted by Crippen LogP contribution is -2.03. The topological polar surface area (TPSA) is 99.3 Å². The molecule has 0 saturated carbocycles. The summed E-state index contributed by atoms with van der Waals surface area (Å²) in [5.41, 5.74) is 0.776. The predicted octanol–water partition coefficient (Wildman–Crippen LogP) is 0.715. The number of rotatable bonds is 3. The maximum absolute atomic E-state index is 11.2. The molecule has 0 fully saturated rings. The first-order valence-corrected chi connectivity index (χ1v) is 5.76. The standard InChI is InChI=1S/C9H8N6OS/c16-9-14-6-7(12-4-13-8(6)15-9)11-3-5-10-1-2-17-5/h1-2,4H,3H2,(H3,11,12,13,14,15,16). The Kier molecular flexibility index (Phi) is 2.33. The van der Waals surface area contributed by atoms with Crippen LogP contribution in [0.25, 0.3) is 11.2 Å². The molecule has 0 aliphatic heterocycles. The molecule has 86 valence electrons. The number of hydrogen-bond acceptors (Lipinski definition) is 6. The minimum absolute atomic E-state index is 0.294. The van der Waals surface area contributed by atoms with Crippen LogP contribution in [0.5, 0.6) is 0 Å². The smallest absolute Gasteiger partial charge is 0.325 e. The summed E-state index contributed by atoms with van der Waals surface area (Å²) in [6, 6.07) is 0. The van der Waals surface area contributed by atoms with Gasteiger partial charge in [-0.15, -0.1) is 11.3 Å². The van der Waals surface area contributed by atoms with Crippen molar-refractivity contribution in [3.63, 3.8) is 0 Å². The Bertz CT molecular complexity index is 685. The van der Waals surface area contributed by atoms with Crippen LogP contribution in [0.1, 0.15) is 5.01 Å². The van der Waals surface area contributed by atoms with Crippen LogP contribution in [0.4, 0.5) is 5.82 Å². The Morgan fingerprint density at radius 1 is 1.29 bits per heavy atom. The Morgan fingerprint density at radius 3 is 3.06 bits per heavy atom. The number of imidazole rings is 1. The Balaban J connectivity index is 1.92. The van der Waals surface area contributed by atoms with Gasteiger partial charge >= 0.3 is 5.69 Å². The highest BCUT2D eigenvalue weighted by Gasteiger charge is 2.06. The van der Waals surface area contributed by atoms with Crippen molar-refractivity contribution in [1.29, 1.82) is 0 Å². The van der Waals surface area contributed by atoms with Gasteiger partial charge in [0.1, 0.15) is 16.9 Å². The monoisotopic (exact) mass is 248 g/mol. The summed E-state index contributed by atoms with van der Waals surface area (Å²) in [6.45, 7) is 0.566. The Morgan fingerprint density at radius 2 is 2.24 bits per heavy atom. The molecule has 3 aromatic rings. The third kappa shape index (κ3) is 1.89. The largest absolute Gasteiger partial charge is 0.362 e. The average Bonchev–Trinajstić information content (AvgIpc) is 2.93. The number of nitrogens with zero attached hydrogens (tertiary/aromatic N) is 3. The van der Waals surface area contributed by atoms with E-state index < -0.39 is 0 Å². The number of thiazole rings is 1. The van der Waals surface area contributed by atoms with Crippen molar-refractivity contribution >= 4 is 28.3 Å². The normalized spacial score (nSPS) is 10.8. The number of anilines is 1. The lowest BCUT2D eigenvalue weighted by Gasteiger charge is -2.02. The summed E-state index contributed by atoms with van der Waals surface area (Å²) in [6.07, 6.45) is 3.14. The van der Waals surface area contributed by atoms with E-state index in [1.165, 1.54) is 6.33 Å². The molecule has 0 aromatic carbocycles. The van der Waals surface area contributed by atoms with Crippen LogP contribution >= 0.6 is 11.3 Å². The van der Waals surface area contributed by atoms with E-state index in [9.17, 15) is 4.79 Å². The van der Waals surface area contributed by atoms with Crippen molar-refractivity contribution in [2.24, 2.45) is 0 Å². The van der Waals surface area contributed by atoms with Crippen molar-refractivity contribution in [3.8, 4) is 0 Å². The van der Waals surface area contributed by atoms with Gasteiger partial charge in [-0.05, 0) is 0 Å². The molecule has 0 aliphatic carbocycles. The van der Waals surface area contributed by atoms with Gasteiger partial charge in [0.25, 0.3) is 0 Å². The number of fused-ring (bicyclic) bond motifs is 1. The molecule has 0 amide bonds. The van der Waals surface area contributed by atoms with Gasteiger partial charge in [0, 0.05) is 11.6 Å². The first-order chi connectivity index (χ1) is 8.33. The molecule has 17 heavy (non-hydrogen) atoms. The number of nitrogens with one attached hydrogen (secondary N) is 3. The summed E-state index contributed by atoms with van der Waals surface area (Å²) < 4.78 is 0. The molecule has 0 atom stereocenters. The summed E-state index contributed by atoms with van der Waals surface area (Å²) in [5.74, 6) is 0.587. The van der Waals surface area contributed by atoms with E-state index >= 15 is 0 Å². The highest BCUT2D eigenvalue weighted by molar-refractivity contribution is 7.09. The van der Waals surface area contributed by atoms with Crippen LogP contribution in [-0.4, -0.2) is 24.9 Å². The van der Waals surface area contributed by atoms with Crippen LogP contribution in [0.2, 0.25) is 0 Å². The number of aromatic nitrogens is 5. The highest BCUT2D eigenvalue weighted by Crippen LogP contribution is 2.14. The van der Waals surface area contributed by atoms with Gasteiger partial charge < -0.3 is 10.3 Å². The van der Waals surface area contributed by atoms with Crippen molar-refractivity contribution in [1.82, 2.24) is 24.9 Å². The zero-order chi connectivity index (χ0) is 11.7. The maximum Gasteiger partial charge on any atom is 0.325 e. The molecule has 8 heteroatoms. The molecule has 0 bridgehead atoms. The fraction of sp³-hybridized carbons (Fsp3) is 0.111. The number of aromatic amines is 2. The predicted molar refractivity (Wildman–Crippen MR) is 64.0 cm³/mol. The van der Waals surface area contributed by atoms with Gasteiger partial charge in [-0.2, -0.15) is 0 Å². The van der Waals surface area contributed by atoms with E-state index in [0.717, 1.165) is 5.01 Å². The number of H-pyrrole nitrogens is 2. The van der Waals surface area contributed by atoms with Crippen molar-refractivity contribution in [2.45, 2.75) is 6.54 Å². The van der Waals surface area contributed by atoms with Crippen LogP contribution in [-0.2, 0) is 6.54 Å². The van der Waals surface area contributed by atoms with Crippen molar-refractivity contribution in [3.05, 3.63) is 33.4 Å². The SMILES string of the molecule is O=c1[nH]c2ncnc(NCc3nccs3)c2[nH]1.